The molecule has 0 aromatic carbocycles. The highest BCUT2D eigenvalue weighted by Crippen LogP contribution is 2.04. The van der Waals surface area contributed by atoms with Crippen molar-refractivity contribution < 1.29 is 0 Å². The van der Waals surface area contributed by atoms with E-state index in [4.69, 9.17) is 5.73 Å². The third kappa shape index (κ3) is 5.33. The van der Waals surface area contributed by atoms with Crippen molar-refractivity contribution in [3.63, 3.8) is 0 Å². The molecule has 1 rings (SSSR count). The van der Waals surface area contributed by atoms with E-state index in [1.54, 1.807) is 0 Å². The van der Waals surface area contributed by atoms with Crippen LogP contribution in [0.5, 0.6) is 0 Å². The molecule has 0 atom stereocenters. The second-order valence-corrected chi connectivity index (χ2v) is 4.10. The van der Waals surface area contributed by atoms with Crippen molar-refractivity contribution in [2.75, 3.05) is 13.1 Å². The summed E-state index contributed by atoms with van der Waals surface area (Å²) in [5.41, 5.74) is 8.26. The number of rotatable bonds is 6. The zero-order valence-corrected chi connectivity index (χ0v) is 10.7. The van der Waals surface area contributed by atoms with Crippen molar-refractivity contribution in [2.45, 2.75) is 33.1 Å². The Kier molecular flexibility index (Phi) is 6.07. The van der Waals surface area contributed by atoms with E-state index < -0.39 is 0 Å². The molecule has 0 saturated heterocycles. The molecule has 0 bridgehead atoms. The van der Waals surface area contributed by atoms with Gasteiger partial charge in [-0.15, -0.1) is 0 Å². The summed E-state index contributed by atoms with van der Waals surface area (Å²) in [6, 6.07) is 2.04. The summed E-state index contributed by atoms with van der Waals surface area (Å²) in [7, 11) is 0. The van der Waals surface area contributed by atoms with Gasteiger partial charge < -0.3 is 11.1 Å². The second kappa shape index (κ2) is 7.65. The summed E-state index contributed by atoms with van der Waals surface area (Å²) < 4.78 is 0. The maximum Gasteiger partial charge on any atom is 0.188 e. The lowest BCUT2D eigenvalue weighted by molar-refractivity contribution is 0.790. The second-order valence-electron chi connectivity index (χ2n) is 4.10. The summed E-state index contributed by atoms with van der Waals surface area (Å²) >= 11 is 0. The number of aliphatic imine (C=N–C) groups is 1. The van der Waals surface area contributed by atoms with E-state index in [-0.39, 0.29) is 0 Å². The fraction of sp³-hybridized carbons (Fsp3) is 0.538. The monoisotopic (exact) mass is 234 g/mol. The van der Waals surface area contributed by atoms with Gasteiger partial charge in [-0.3, -0.25) is 9.98 Å². The quantitative estimate of drug-likeness (QED) is 0.447. The van der Waals surface area contributed by atoms with Crippen molar-refractivity contribution >= 4 is 5.96 Å². The van der Waals surface area contributed by atoms with Crippen LogP contribution in [0.3, 0.4) is 0 Å². The highest BCUT2D eigenvalue weighted by atomic mass is 15.1. The lowest BCUT2D eigenvalue weighted by Crippen LogP contribution is -2.33. The Morgan fingerprint density at radius 1 is 1.53 bits per heavy atom. The van der Waals surface area contributed by atoms with Gasteiger partial charge in [0.1, 0.15) is 0 Å². The van der Waals surface area contributed by atoms with Crippen LogP contribution in [-0.4, -0.2) is 24.0 Å². The molecule has 1 aromatic rings. The molecule has 0 aliphatic rings. The molecule has 0 radical (unpaired) electrons. The van der Waals surface area contributed by atoms with Crippen LogP contribution < -0.4 is 11.1 Å². The number of aryl methyl sites for hydroxylation is 1. The van der Waals surface area contributed by atoms with Crippen molar-refractivity contribution in [3.05, 3.63) is 29.6 Å². The number of hydrogen-bond donors (Lipinski definition) is 2. The number of guanidine groups is 1. The molecular formula is C13H22N4. The van der Waals surface area contributed by atoms with Gasteiger partial charge in [0.05, 0.1) is 0 Å². The normalized spacial score (nSPS) is 11.5. The van der Waals surface area contributed by atoms with E-state index >= 15 is 0 Å². The van der Waals surface area contributed by atoms with Crippen molar-refractivity contribution in [1.29, 1.82) is 0 Å². The van der Waals surface area contributed by atoms with Crippen molar-refractivity contribution in [1.82, 2.24) is 10.3 Å². The van der Waals surface area contributed by atoms with Crippen LogP contribution in [0.25, 0.3) is 0 Å². The van der Waals surface area contributed by atoms with E-state index in [1.807, 2.05) is 18.5 Å². The molecular weight excluding hydrogens is 212 g/mol. The summed E-state index contributed by atoms with van der Waals surface area (Å²) in [6.45, 7) is 5.84. The number of pyridine rings is 1. The van der Waals surface area contributed by atoms with Crippen molar-refractivity contribution in [2.24, 2.45) is 10.7 Å². The Morgan fingerprint density at radius 3 is 3.06 bits per heavy atom. The van der Waals surface area contributed by atoms with Gasteiger partial charge in [0.15, 0.2) is 5.96 Å². The summed E-state index contributed by atoms with van der Waals surface area (Å²) in [5, 5.41) is 3.12. The molecule has 0 spiro atoms. The molecule has 4 heteroatoms. The Morgan fingerprint density at radius 2 is 2.35 bits per heavy atom. The molecule has 0 unspecified atom stereocenters. The van der Waals surface area contributed by atoms with Crippen LogP contribution >= 0.6 is 0 Å². The van der Waals surface area contributed by atoms with Gasteiger partial charge in [-0.1, -0.05) is 13.3 Å². The number of hydrogen-bond acceptors (Lipinski definition) is 2. The van der Waals surface area contributed by atoms with E-state index in [9.17, 15) is 0 Å². The van der Waals surface area contributed by atoms with Gasteiger partial charge in [0.2, 0.25) is 0 Å². The lowest BCUT2D eigenvalue weighted by Gasteiger charge is -2.07. The Balaban J connectivity index is 2.28. The highest BCUT2D eigenvalue weighted by Gasteiger charge is 1.97. The van der Waals surface area contributed by atoms with E-state index in [0.717, 1.165) is 32.4 Å². The van der Waals surface area contributed by atoms with Gasteiger partial charge in [-0.2, -0.15) is 0 Å². The Bertz CT molecular complexity index is 360. The van der Waals surface area contributed by atoms with Crippen LogP contribution in [0.4, 0.5) is 0 Å². The molecule has 0 aliphatic carbocycles. The summed E-state index contributed by atoms with van der Waals surface area (Å²) in [6.07, 6.45) is 6.88. The van der Waals surface area contributed by atoms with Gasteiger partial charge in [-0.05, 0) is 37.0 Å². The third-order valence-electron chi connectivity index (χ3n) is 2.63. The maximum absolute atomic E-state index is 5.74. The average Bonchev–Trinajstić information content (AvgIpc) is 2.32. The van der Waals surface area contributed by atoms with E-state index in [0.29, 0.717) is 5.96 Å². The smallest absolute Gasteiger partial charge is 0.188 e. The van der Waals surface area contributed by atoms with Gasteiger partial charge >= 0.3 is 0 Å². The molecule has 17 heavy (non-hydrogen) atoms. The van der Waals surface area contributed by atoms with Crippen LogP contribution in [-0.2, 0) is 6.42 Å². The van der Waals surface area contributed by atoms with E-state index in [2.05, 4.69) is 29.1 Å². The molecule has 0 amide bonds. The zero-order valence-electron chi connectivity index (χ0n) is 10.7. The Hall–Kier alpha value is -1.58. The molecule has 1 heterocycles. The lowest BCUT2D eigenvalue weighted by atomic mass is 10.1. The van der Waals surface area contributed by atoms with Crippen molar-refractivity contribution in [3.8, 4) is 0 Å². The number of nitrogens with zero attached hydrogens (tertiary/aromatic N) is 2. The molecule has 3 N–H and O–H groups in total. The minimum absolute atomic E-state index is 0.546. The molecule has 0 fully saturated rings. The minimum Gasteiger partial charge on any atom is -0.370 e. The zero-order chi connectivity index (χ0) is 12.5. The first kappa shape index (κ1) is 13.5. The average molecular weight is 234 g/mol. The number of nitrogens with two attached hydrogens (primary N) is 1. The first-order valence-electron chi connectivity index (χ1n) is 6.17. The third-order valence-corrected chi connectivity index (χ3v) is 2.63. The standard InChI is InChI=1S/C13H22N4/c1-3-4-7-16-13(14)17-9-6-12-5-8-15-10-11(12)2/h5,8,10H,3-4,6-7,9H2,1-2H3,(H3,14,16,17). The summed E-state index contributed by atoms with van der Waals surface area (Å²) in [5.74, 6) is 0.546. The van der Waals surface area contributed by atoms with Gasteiger partial charge in [0.25, 0.3) is 0 Å². The number of nitrogens with one attached hydrogen (secondary N) is 1. The van der Waals surface area contributed by atoms with Crippen LogP contribution in [0.1, 0.15) is 30.9 Å². The summed E-state index contributed by atoms with van der Waals surface area (Å²) in [4.78, 5) is 8.31. The predicted octanol–water partition coefficient (Wildman–Crippen LogP) is 1.64. The number of unbranched alkanes of at least 4 members (excludes halogenated alkanes) is 1. The molecule has 0 aliphatic heterocycles. The van der Waals surface area contributed by atoms with E-state index in [1.165, 1.54) is 11.1 Å². The van der Waals surface area contributed by atoms with Crippen LogP contribution in [0.15, 0.2) is 23.5 Å². The molecule has 1 aromatic heterocycles. The minimum atomic E-state index is 0.546. The SMILES string of the molecule is CCCCN=C(N)NCCc1ccncc1C. The van der Waals surface area contributed by atoms with Crippen LogP contribution in [0, 0.1) is 6.92 Å². The maximum atomic E-state index is 5.74. The topological polar surface area (TPSA) is 63.3 Å². The van der Waals surface area contributed by atoms with Gasteiger partial charge in [-0.25, -0.2) is 0 Å². The fourth-order valence-electron chi connectivity index (χ4n) is 1.52. The fourth-order valence-corrected chi connectivity index (χ4v) is 1.52. The predicted molar refractivity (Wildman–Crippen MR) is 72.1 cm³/mol. The first-order valence-corrected chi connectivity index (χ1v) is 6.17. The molecule has 0 saturated carbocycles. The molecule has 4 nitrogen and oxygen atoms in total. The van der Waals surface area contributed by atoms with Gasteiger partial charge in [0, 0.05) is 25.5 Å². The van der Waals surface area contributed by atoms with Crippen LogP contribution in [0.2, 0.25) is 0 Å². The number of aromatic nitrogens is 1. The highest BCUT2D eigenvalue weighted by molar-refractivity contribution is 5.77. The first-order chi connectivity index (χ1) is 8.24. The molecule has 94 valence electrons. The largest absolute Gasteiger partial charge is 0.370 e. The Labute approximate surface area is 103 Å².